The molecule has 0 bridgehead atoms. The van der Waals surface area contributed by atoms with Gasteiger partial charge in [-0.3, -0.25) is 4.79 Å². The molecule has 17 heavy (non-hydrogen) atoms. The van der Waals surface area contributed by atoms with Crippen LogP contribution in [-0.2, 0) is 0 Å². The summed E-state index contributed by atoms with van der Waals surface area (Å²) in [5, 5.41) is 4.44. The maximum atomic E-state index is 11.6. The van der Waals surface area contributed by atoms with Crippen LogP contribution < -0.4 is 0 Å². The van der Waals surface area contributed by atoms with Crippen LogP contribution in [0.3, 0.4) is 0 Å². The molecule has 0 fully saturated rings. The third kappa shape index (κ3) is 2.05. The van der Waals surface area contributed by atoms with Crippen molar-refractivity contribution in [3.63, 3.8) is 0 Å². The van der Waals surface area contributed by atoms with Crippen LogP contribution in [0, 0.1) is 13.8 Å². The maximum Gasteiger partial charge on any atom is 0.161 e. The molecule has 0 radical (unpaired) electrons. The molecule has 0 unspecified atom stereocenters. The van der Waals surface area contributed by atoms with Gasteiger partial charge in [0.15, 0.2) is 5.78 Å². The number of carbonyl (C=O) groups excluding carboxylic acids is 1. The number of carbonyl (C=O) groups is 1. The highest BCUT2D eigenvalue weighted by Crippen LogP contribution is 2.24. The van der Waals surface area contributed by atoms with Crippen LogP contribution >= 0.6 is 15.9 Å². The Morgan fingerprint density at radius 1 is 1.29 bits per heavy atom. The lowest BCUT2D eigenvalue weighted by Gasteiger charge is -2.08. The van der Waals surface area contributed by atoms with Gasteiger partial charge in [0.2, 0.25) is 0 Å². The zero-order valence-corrected chi connectivity index (χ0v) is 11.6. The Morgan fingerprint density at radius 2 is 1.94 bits per heavy atom. The summed E-state index contributed by atoms with van der Waals surface area (Å²) in [5.74, 6) is 0.0456. The first-order valence-electron chi connectivity index (χ1n) is 5.34. The second-order valence-corrected chi connectivity index (χ2v) is 4.76. The number of Topliss-reactive ketones (excluding diaryl/α,β-unsaturated/α-hetero) is 1. The predicted octanol–water partition coefficient (Wildman–Crippen LogP) is 3.45. The number of hydrogen-bond donors (Lipinski definition) is 0. The predicted molar refractivity (Wildman–Crippen MR) is 70.7 cm³/mol. The number of ketones is 1. The summed E-state index contributed by atoms with van der Waals surface area (Å²) in [4.78, 5) is 11.6. The first-order valence-corrected chi connectivity index (χ1v) is 6.13. The molecule has 4 heteroatoms. The van der Waals surface area contributed by atoms with Crippen molar-refractivity contribution in [2.24, 2.45) is 0 Å². The highest BCUT2D eigenvalue weighted by atomic mass is 79.9. The van der Waals surface area contributed by atoms with E-state index in [0.717, 1.165) is 21.5 Å². The molecule has 1 heterocycles. The van der Waals surface area contributed by atoms with E-state index in [1.807, 2.05) is 38.1 Å². The highest BCUT2D eigenvalue weighted by Gasteiger charge is 2.14. The van der Waals surface area contributed by atoms with E-state index in [-0.39, 0.29) is 5.78 Å². The molecule has 0 aliphatic carbocycles. The Balaban J connectivity index is 2.68. The van der Waals surface area contributed by atoms with Crippen LogP contribution in [0.2, 0.25) is 0 Å². The minimum absolute atomic E-state index is 0.0456. The monoisotopic (exact) mass is 292 g/mol. The lowest BCUT2D eigenvalue weighted by atomic mass is 10.1. The molecule has 88 valence electrons. The van der Waals surface area contributed by atoms with Gasteiger partial charge in [-0.15, -0.1) is 0 Å². The fourth-order valence-electron chi connectivity index (χ4n) is 1.81. The van der Waals surface area contributed by atoms with Crippen LogP contribution in [0.25, 0.3) is 5.69 Å². The molecular formula is C13H13BrN2O. The highest BCUT2D eigenvalue weighted by molar-refractivity contribution is 9.10. The number of aryl methyl sites for hydroxylation is 1. The first kappa shape index (κ1) is 12.0. The van der Waals surface area contributed by atoms with Crippen molar-refractivity contribution in [3.8, 4) is 5.69 Å². The van der Waals surface area contributed by atoms with Crippen LogP contribution in [0.5, 0.6) is 0 Å². The molecule has 1 aromatic heterocycles. The van der Waals surface area contributed by atoms with Gasteiger partial charge < -0.3 is 0 Å². The lowest BCUT2D eigenvalue weighted by molar-refractivity contribution is 0.101. The molecule has 0 aliphatic rings. The van der Waals surface area contributed by atoms with E-state index in [0.29, 0.717) is 5.56 Å². The van der Waals surface area contributed by atoms with Crippen molar-refractivity contribution in [3.05, 3.63) is 45.7 Å². The normalized spacial score (nSPS) is 10.6. The van der Waals surface area contributed by atoms with Gasteiger partial charge in [-0.05, 0) is 48.8 Å². The average Bonchev–Trinajstić information content (AvgIpc) is 2.57. The summed E-state index contributed by atoms with van der Waals surface area (Å²) in [6.45, 7) is 5.48. The fraction of sp³-hybridized carbons (Fsp3) is 0.231. The second-order valence-electron chi connectivity index (χ2n) is 3.97. The summed E-state index contributed by atoms with van der Waals surface area (Å²) >= 11 is 3.49. The largest absolute Gasteiger partial charge is 0.294 e. The summed E-state index contributed by atoms with van der Waals surface area (Å²) in [5.41, 5.74) is 3.42. The van der Waals surface area contributed by atoms with Crippen molar-refractivity contribution in [2.75, 3.05) is 0 Å². The molecule has 0 saturated carbocycles. The summed E-state index contributed by atoms with van der Waals surface area (Å²) in [6, 6.07) is 7.50. The molecular weight excluding hydrogens is 280 g/mol. The number of aromatic nitrogens is 2. The number of hydrogen-bond acceptors (Lipinski definition) is 2. The van der Waals surface area contributed by atoms with E-state index < -0.39 is 0 Å². The van der Waals surface area contributed by atoms with Gasteiger partial charge in [0, 0.05) is 5.56 Å². The van der Waals surface area contributed by atoms with Crippen molar-refractivity contribution >= 4 is 21.7 Å². The van der Waals surface area contributed by atoms with Crippen LogP contribution in [-0.4, -0.2) is 15.6 Å². The minimum atomic E-state index is 0.0456. The third-order valence-corrected chi connectivity index (χ3v) is 3.86. The van der Waals surface area contributed by atoms with Gasteiger partial charge in [0.25, 0.3) is 0 Å². The maximum absolute atomic E-state index is 11.6. The molecule has 2 aromatic rings. The van der Waals surface area contributed by atoms with E-state index >= 15 is 0 Å². The molecule has 0 N–H and O–H groups in total. The van der Waals surface area contributed by atoms with Crippen LogP contribution in [0.4, 0.5) is 0 Å². The Bertz CT molecular complexity index is 587. The van der Waals surface area contributed by atoms with Gasteiger partial charge in [-0.1, -0.05) is 12.1 Å². The summed E-state index contributed by atoms with van der Waals surface area (Å²) < 4.78 is 2.78. The number of benzene rings is 1. The molecule has 0 amide bonds. The van der Waals surface area contributed by atoms with E-state index in [4.69, 9.17) is 0 Å². The molecule has 3 nitrogen and oxygen atoms in total. The zero-order chi connectivity index (χ0) is 12.6. The van der Waals surface area contributed by atoms with Gasteiger partial charge in [-0.2, -0.15) is 5.10 Å². The molecule has 0 saturated heterocycles. The fourth-order valence-corrected chi connectivity index (χ4v) is 2.06. The molecule has 1 aromatic carbocycles. The third-order valence-electron chi connectivity index (χ3n) is 2.71. The standard InChI is InChI=1S/C13H13BrN2O/c1-8-13(14)9(2)16(15-8)12-7-5-4-6-11(12)10(3)17/h4-7H,1-3H3. The van der Waals surface area contributed by atoms with Crippen LogP contribution in [0.15, 0.2) is 28.7 Å². The van der Waals surface area contributed by atoms with Gasteiger partial charge in [0.1, 0.15) is 0 Å². The van der Waals surface area contributed by atoms with Gasteiger partial charge in [-0.25, -0.2) is 4.68 Å². The van der Waals surface area contributed by atoms with E-state index in [2.05, 4.69) is 21.0 Å². The first-order chi connectivity index (χ1) is 8.02. The van der Waals surface area contributed by atoms with Crippen LogP contribution in [0.1, 0.15) is 28.7 Å². The Hall–Kier alpha value is -1.42. The SMILES string of the molecule is CC(=O)c1ccccc1-n1nc(C)c(Br)c1C. The average molecular weight is 293 g/mol. The van der Waals surface area contributed by atoms with Crippen molar-refractivity contribution in [1.29, 1.82) is 0 Å². The Morgan fingerprint density at radius 3 is 2.47 bits per heavy atom. The minimum Gasteiger partial charge on any atom is -0.294 e. The number of rotatable bonds is 2. The second kappa shape index (κ2) is 4.45. The number of nitrogens with zero attached hydrogens (tertiary/aromatic N) is 2. The molecule has 0 atom stereocenters. The summed E-state index contributed by atoms with van der Waals surface area (Å²) in [6.07, 6.45) is 0. The number of para-hydroxylation sites is 1. The van der Waals surface area contributed by atoms with Gasteiger partial charge >= 0.3 is 0 Å². The topological polar surface area (TPSA) is 34.9 Å². The van der Waals surface area contributed by atoms with Crippen molar-refractivity contribution < 1.29 is 4.79 Å². The molecule has 0 spiro atoms. The molecule has 2 rings (SSSR count). The molecule has 0 aliphatic heterocycles. The van der Waals surface area contributed by atoms with E-state index in [1.54, 1.807) is 11.6 Å². The smallest absolute Gasteiger partial charge is 0.161 e. The Labute approximate surface area is 109 Å². The Kier molecular flexibility index (Phi) is 3.15. The lowest BCUT2D eigenvalue weighted by Crippen LogP contribution is -2.06. The van der Waals surface area contributed by atoms with E-state index in [9.17, 15) is 4.79 Å². The zero-order valence-electron chi connectivity index (χ0n) is 9.99. The number of halogens is 1. The quantitative estimate of drug-likeness (QED) is 0.795. The van der Waals surface area contributed by atoms with Gasteiger partial charge in [0.05, 0.1) is 21.5 Å². The summed E-state index contributed by atoms with van der Waals surface area (Å²) in [7, 11) is 0. The van der Waals surface area contributed by atoms with E-state index in [1.165, 1.54) is 0 Å². The van der Waals surface area contributed by atoms with Crippen molar-refractivity contribution in [2.45, 2.75) is 20.8 Å². The van der Waals surface area contributed by atoms with Crippen molar-refractivity contribution in [1.82, 2.24) is 9.78 Å².